The molecule has 32 heavy (non-hydrogen) atoms. The molecule has 168 valence electrons. The minimum absolute atomic E-state index is 0.0293. The SMILES string of the molecule is CCCn1cncc1CS(=O)c1ccc(N2C=CC=CC(C(=O)OC)=C2C(=O)OC)cc1. The highest BCUT2D eigenvalue weighted by Gasteiger charge is 2.27. The van der Waals surface area contributed by atoms with Crippen molar-refractivity contribution in [1.82, 2.24) is 9.55 Å². The molecule has 1 aliphatic rings. The van der Waals surface area contributed by atoms with Crippen molar-refractivity contribution < 1.29 is 23.3 Å². The van der Waals surface area contributed by atoms with Gasteiger partial charge in [0.15, 0.2) is 0 Å². The Hall–Kier alpha value is -3.46. The maximum atomic E-state index is 12.9. The molecule has 0 saturated carbocycles. The average molecular weight is 456 g/mol. The molecule has 8 nitrogen and oxygen atoms in total. The predicted molar refractivity (Wildman–Crippen MR) is 121 cm³/mol. The molecule has 9 heteroatoms. The number of ether oxygens (including phenoxy) is 2. The highest BCUT2D eigenvalue weighted by molar-refractivity contribution is 7.84. The predicted octanol–water partition coefficient (Wildman–Crippen LogP) is 3.09. The van der Waals surface area contributed by atoms with E-state index in [1.807, 2.05) is 4.57 Å². The zero-order valence-corrected chi connectivity index (χ0v) is 19.0. The topological polar surface area (TPSA) is 90.7 Å². The van der Waals surface area contributed by atoms with E-state index in [9.17, 15) is 13.8 Å². The number of hydrogen-bond acceptors (Lipinski definition) is 7. The lowest BCUT2D eigenvalue weighted by atomic mass is 10.1. The maximum Gasteiger partial charge on any atom is 0.355 e. The van der Waals surface area contributed by atoms with Gasteiger partial charge in [-0.05, 0) is 42.8 Å². The first-order chi connectivity index (χ1) is 15.5. The molecule has 0 amide bonds. The second-order valence-electron chi connectivity index (χ2n) is 6.88. The molecule has 1 aromatic heterocycles. The van der Waals surface area contributed by atoms with Crippen LogP contribution in [0.1, 0.15) is 19.0 Å². The number of hydrogen-bond donors (Lipinski definition) is 0. The molecule has 0 aliphatic carbocycles. The van der Waals surface area contributed by atoms with Gasteiger partial charge in [0.05, 0.1) is 48.4 Å². The highest BCUT2D eigenvalue weighted by Crippen LogP contribution is 2.27. The molecular weight excluding hydrogens is 430 g/mol. The molecule has 1 aliphatic heterocycles. The summed E-state index contributed by atoms with van der Waals surface area (Å²) in [6.07, 6.45) is 10.9. The Morgan fingerprint density at radius 2 is 1.78 bits per heavy atom. The number of aryl methyl sites for hydroxylation is 1. The Balaban J connectivity index is 1.89. The standard InChI is InChI=1S/C23H25N3O5S/c1-4-12-25-16-24-14-18(25)15-32(29)19-10-8-17(9-11-19)26-13-6-5-7-20(22(27)30-2)21(26)23(28)31-3/h5-11,13-14,16H,4,12,15H2,1-3H3. The number of carbonyl (C=O) groups excluding carboxylic acids is 2. The van der Waals surface area contributed by atoms with E-state index < -0.39 is 22.7 Å². The lowest BCUT2D eigenvalue weighted by Gasteiger charge is -2.23. The van der Waals surface area contributed by atoms with E-state index in [2.05, 4.69) is 11.9 Å². The molecular formula is C23H25N3O5S. The molecule has 0 spiro atoms. The number of allylic oxidation sites excluding steroid dienone is 2. The molecule has 2 aromatic rings. The number of esters is 2. The van der Waals surface area contributed by atoms with Gasteiger partial charge in [0.25, 0.3) is 0 Å². The zero-order chi connectivity index (χ0) is 23.1. The first-order valence-corrected chi connectivity index (χ1v) is 11.3. The number of carbonyl (C=O) groups is 2. The third-order valence-electron chi connectivity index (χ3n) is 4.81. The van der Waals surface area contributed by atoms with Crippen LogP contribution in [0.4, 0.5) is 5.69 Å². The molecule has 1 unspecified atom stereocenters. The highest BCUT2D eigenvalue weighted by atomic mass is 32.2. The Kier molecular flexibility index (Phi) is 7.77. The fourth-order valence-electron chi connectivity index (χ4n) is 3.25. The molecule has 3 rings (SSSR count). The van der Waals surface area contributed by atoms with E-state index in [4.69, 9.17) is 9.47 Å². The van der Waals surface area contributed by atoms with Crippen molar-refractivity contribution in [2.24, 2.45) is 0 Å². The normalized spacial score (nSPS) is 14.3. The van der Waals surface area contributed by atoms with Gasteiger partial charge < -0.3 is 18.9 Å². The summed E-state index contributed by atoms with van der Waals surface area (Å²) in [5.74, 6) is -0.984. The first-order valence-electron chi connectivity index (χ1n) is 10.0. The second kappa shape index (κ2) is 10.7. The van der Waals surface area contributed by atoms with E-state index >= 15 is 0 Å². The first kappa shape index (κ1) is 23.2. The molecule has 0 saturated heterocycles. The largest absolute Gasteiger partial charge is 0.465 e. The summed E-state index contributed by atoms with van der Waals surface area (Å²) in [7, 11) is 1.23. The van der Waals surface area contributed by atoms with E-state index in [0.29, 0.717) is 16.3 Å². The van der Waals surface area contributed by atoms with Gasteiger partial charge >= 0.3 is 11.9 Å². The Bertz CT molecular complexity index is 1100. The quantitative estimate of drug-likeness (QED) is 0.565. The van der Waals surface area contributed by atoms with E-state index in [1.165, 1.54) is 20.3 Å². The number of imidazole rings is 1. The fourth-order valence-corrected chi connectivity index (χ4v) is 4.37. The van der Waals surface area contributed by atoms with Crippen molar-refractivity contribution in [3.63, 3.8) is 0 Å². The van der Waals surface area contributed by atoms with Crippen LogP contribution in [0.3, 0.4) is 0 Å². The second-order valence-corrected chi connectivity index (χ2v) is 8.33. The minimum Gasteiger partial charge on any atom is -0.465 e. The maximum absolute atomic E-state index is 12.9. The lowest BCUT2D eigenvalue weighted by molar-refractivity contribution is -0.139. The smallest absolute Gasteiger partial charge is 0.355 e. The summed E-state index contributed by atoms with van der Waals surface area (Å²) in [5, 5.41) is 0. The minimum atomic E-state index is -1.27. The van der Waals surface area contributed by atoms with Crippen LogP contribution in [0.5, 0.6) is 0 Å². The Morgan fingerprint density at radius 3 is 2.44 bits per heavy atom. The van der Waals surface area contributed by atoms with Gasteiger partial charge in [0, 0.05) is 29.5 Å². The number of aromatic nitrogens is 2. The summed E-state index contributed by atoms with van der Waals surface area (Å²) in [6, 6.07) is 6.96. The zero-order valence-electron chi connectivity index (χ0n) is 18.2. The van der Waals surface area contributed by atoms with Crippen LogP contribution in [0.2, 0.25) is 0 Å². The Labute approximate surface area is 189 Å². The van der Waals surface area contributed by atoms with Crippen LogP contribution in [-0.4, -0.2) is 39.9 Å². The summed E-state index contributed by atoms with van der Waals surface area (Å²) < 4.78 is 24.6. The van der Waals surface area contributed by atoms with Crippen LogP contribution in [0.25, 0.3) is 0 Å². The van der Waals surface area contributed by atoms with Gasteiger partial charge in [-0.1, -0.05) is 13.0 Å². The molecule has 0 radical (unpaired) electrons. The molecule has 2 heterocycles. The average Bonchev–Trinajstić information content (AvgIpc) is 3.12. The third-order valence-corrected chi connectivity index (χ3v) is 6.16. The van der Waals surface area contributed by atoms with E-state index in [1.54, 1.807) is 60.0 Å². The van der Waals surface area contributed by atoms with Gasteiger partial charge in [-0.2, -0.15) is 0 Å². The molecule has 1 atom stereocenters. The number of anilines is 1. The van der Waals surface area contributed by atoms with Crippen molar-refractivity contribution in [2.45, 2.75) is 30.5 Å². The van der Waals surface area contributed by atoms with Gasteiger partial charge in [0.1, 0.15) is 5.70 Å². The molecule has 0 bridgehead atoms. The van der Waals surface area contributed by atoms with Crippen molar-refractivity contribution in [1.29, 1.82) is 0 Å². The van der Waals surface area contributed by atoms with Gasteiger partial charge in [-0.15, -0.1) is 0 Å². The Morgan fingerprint density at radius 1 is 1.06 bits per heavy atom. The fraction of sp³-hybridized carbons (Fsp3) is 0.261. The van der Waals surface area contributed by atoms with Crippen LogP contribution in [0, 0.1) is 0 Å². The van der Waals surface area contributed by atoms with Gasteiger partial charge in [-0.25, -0.2) is 14.6 Å². The molecule has 1 aromatic carbocycles. The van der Waals surface area contributed by atoms with E-state index in [-0.39, 0.29) is 11.3 Å². The van der Waals surface area contributed by atoms with Gasteiger partial charge in [0.2, 0.25) is 0 Å². The summed E-state index contributed by atoms with van der Waals surface area (Å²) in [4.78, 5) is 31.1. The van der Waals surface area contributed by atoms with Crippen LogP contribution in [0.15, 0.2) is 77.4 Å². The van der Waals surface area contributed by atoms with Gasteiger partial charge in [-0.3, -0.25) is 4.21 Å². The van der Waals surface area contributed by atoms with Crippen molar-refractivity contribution in [2.75, 3.05) is 19.1 Å². The molecule has 0 fully saturated rings. The summed E-state index contributed by atoms with van der Waals surface area (Å²) >= 11 is 0. The van der Waals surface area contributed by atoms with Crippen molar-refractivity contribution >= 4 is 28.4 Å². The van der Waals surface area contributed by atoms with Crippen LogP contribution < -0.4 is 4.90 Å². The number of methoxy groups -OCH3 is 2. The van der Waals surface area contributed by atoms with E-state index in [0.717, 1.165) is 18.7 Å². The summed E-state index contributed by atoms with van der Waals surface area (Å²) in [5.41, 5.74) is 1.61. The summed E-state index contributed by atoms with van der Waals surface area (Å²) in [6.45, 7) is 2.90. The van der Waals surface area contributed by atoms with Crippen molar-refractivity contribution in [3.05, 3.63) is 78.2 Å². The van der Waals surface area contributed by atoms with Crippen molar-refractivity contribution in [3.8, 4) is 0 Å². The number of rotatable bonds is 8. The van der Waals surface area contributed by atoms with Crippen LogP contribution >= 0.6 is 0 Å². The monoisotopic (exact) mass is 455 g/mol. The lowest BCUT2D eigenvalue weighted by Crippen LogP contribution is -2.26. The molecule has 0 N–H and O–H groups in total. The third kappa shape index (κ3) is 5.05. The number of nitrogens with zero attached hydrogens (tertiary/aromatic N) is 3. The van der Waals surface area contributed by atoms with Crippen LogP contribution in [-0.2, 0) is 42.2 Å². The number of benzene rings is 1.